The summed E-state index contributed by atoms with van der Waals surface area (Å²) >= 11 is 0. The zero-order chi connectivity index (χ0) is 14.6. The first-order chi connectivity index (χ1) is 9.56. The molecule has 4 heteroatoms. The maximum atomic E-state index is 12.2. The maximum absolute atomic E-state index is 12.2. The van der Waals surface area contributed by atoms with E-state index < -0.39 is 0 Å². The Balaban J connectivity index is 1.90. The lowest BCUT2D eigenvalue weighted by molar-refractivity contribution is -0.117. The molecule has 0 saturated carbocycles. The third kappa shape index (κ3) is 3.58. The summed E-state index contributed by atoms with van der Waals surface area (Å²) in [6, 6.07) is 7.97. The zero-order valence-electron chi connectivity index (χ0n) is 12.5. The Bertz CT molecular complexity index is 475. The Kier molecular flexibility index (Phi) is 4.78. The molecule has 20 heavy (non-hydrogen) atoms. The van der Waals surface area contributed by atoms with Gasteiger partial charge in [-0.1, -0.05) is 32.0 Å². The number of nitrogens with one attached hydrogen (secondary N) is 1. The van der Waals surface area contributed by atoms with Crippen molar-refractivity contribution in [2.45, 2.75) is 26.7 Å². The van der Waals surface area contributed by atoms with E-state index in [0.717, 1.165) is 31.6 Å². The van der Waals surface area contributed by atoms with Gasteiger partial charge in [0.1, 0.15) is 0 Å². The molecular formula is C16H25N3O. The highest BCUT2D eigenvalue weighted by atomic mass is 16.2. The van der Waals surface area contributed by atoms with Gasteiger partial charge in [0, 0.05) is 12.2 Å². The first-order valence-corrected chi connectivity index (χ1v) is 7.36. The summed E-state index contributed by atoms with van der Waals surface area (Å²) in [6.07, 6.45) is 1.99. The summed E-state index contributed by atoms with van der Waals surface area (Å²) in [4.78, 5) is 14.3. The average molecular weight is 275 g/mol. The van der Waals surface area contributed by atoms with Crippen molar-refractivity contribution in [2.75, 3.05) is 31.5 Å². The number of carbonyl (C=O) groups is 1. The van der Waals surface area contributed by atoms with Crippen molar-refractivity contribution in [2.24, 2.45) is 11.1 Å². The predicted molar refractivity (Wildman–Crippen MR) is 82.7 cm³/mol. The van der Waals surface area contributed by atoms with E-state index in [9.17, 15) is 4.79 Å². The van der Waals surface area contributed by atoms with E-state index >= 15 is 0 Å². The third-order valence-corrected chi connectivity index (χ3v) is 4.17. The first-order valence-electron chi connectivity index (χ1n) is 7.36. The third-order valence-electron chi connectivity index (χ3n) is 4.17. The van der Waals surface area contributed by atoms with Gasteiger partial charge >= 0.3 is 0 Å². The molecule has 1 fully saturated rings. The van der Waals surface area contributed by atoms with Crippen LogP contribution in [-0.4, -0.2) is 37.0 Å². The normalized spacial score (nSPS) is 22.9. The molecule has 3 N–H and O–H groups in total. The molecule has 0 aliphatic carbocycles. The van der Waals surface area contributed by atoms with Crippen LogP contribution in [0.2, 0.25) is 0 Å². The van der Waals surface area contributed by atoms with E-state index in [4.69, 9.17) is 5.73 Å². The Morgan fingerprint density at radius 3 is 2.85 bits per heavy atom. The number of carbonyl (C=O) groups excluding carboxylic acids is 1. The van der Waals surface area contributed by atoms with Gasteiger partial charge in [0.2, 0.25) is 5.91 Å². The highest BCUT2D eigenvalue weighted by Crippen LogP contribution is 2.28. The van der Waals surface area contributed by atoms with Gasteiger partial charge in [-0.25, -0.2) is 0 Å². The van der Waals surface area contributed by atoms with E-state index in [1.54, 1.807) is 0 Å². The number of benzene rings is 1. The zero-order valence-corrected chi connectivity index (χ0v) is 12.5. The van der Waals surface area contributed by atoms with E-state index in [1.807, 2.05) is 18.2 Å². The molecule has 4 nitrogen and oxygen atoms in total. The lowest BCUT2D eigenvalue weighted by Gasteiger charge is -2.22. The van der Waals surface area contributed by atoms with E-state index in [0.29, 0.717) is 13.1 Å². The summed E-state index contributed by atoms with van der Waals surface area (Å²) in [6.45, 7) is 7.29. The van der Waals surface area contributed by atoms with Crippen molar-refractivity contribution in [3.05, 3.63) is 29.8 Å². The molecular weight excluding hydrogens is 250 g/mol. The number of likely N-dealkylation sites (tertiary alicyclic amines) is 1. The van der Waals surface area contributed by atoms with Gasteiger partial charge in [0.05, 0.1) is 6.54 Å². The number of hydrogen-bond acceptors (Lipinski definition) is 3. The standard InChI is InChI=1S/C16H25N3O/c1-3-13-6-4-5-7-14(13)18-15(20)10-19-9-8-16(2,11-17)12-19/h4-7H,3,8-12,17H2,1-2H3,(H,18,20). The lowest BCUT2D eigenvalue weighted by Crippen LogP contribution is -2.35. The van der Waals surface area contributed by atoms with Crippen LogP contribution in [0.4, 0.5) is 5.69 Å². The van der Waals surface area contributed by atoms with Gasteiger partial charge in [-0.05, 0) is 43.0 Å². The van der Waals surface area contributed by atoms with Crippen molar-refractivity contribution < 1.29 is 4.79 Å². The van der Waals surface area contributed by atoms with Crippen LogP contribution in [0.5, 0.6) is 0 Å². The minimum absolute atomic E-state index is 0.0622. The minimum Gasteiger partial charge on any atom is -0.330 e. The molecule has 110 valence electrons. The van der Waals surface area contributed by atoms with Gasteiger partial charge in [0.25, 0.3) is 0 Å². The molecule has 1 aromatic carbocycles. The monoisotopic (exact) mass is 275 g/mol. The number of hydrogen-bond donors (Lipinski definition) is 2. The summed E-state index contributed by atoms with van der Waals surface area (Å²) < 4.78 is 0. The van der Waals surface area contributed by atoms with Gasteiger partial charge in [-0.15, -0.1) is 0 Å². The van der Waals surface area contributed by atoms with Crippen molar-refractivity contribution in [3.63, 3.8) is 0 Å². The molecule has 1 aliphatic heterocycles. The summed E-state index contributed by atoms with van der Waals surface area (Å²) in [7, 11) is 0. The second-order valence-corrected chi connectivity index (χ2v) is 6.03. The van der Waals surface area contributed by atoms with E-state index in [2.05, 4.69) is 30.1 Å². The largest absolute Gasteiger partial charge is 0.330 e. The SMILES string of the molecule is CCc1ccccc1NC(=O)CN1CCC(C)(CN)C1. The fourth-order valence-corrected chi connectivity index (χ4v) is 2.77. The van der Waals surface area contributed by atoms with Crippen molar-refractivity contribution in [1.29, 1.82) is 0 Å². The second kappa shape index (κ2) is 6.37. The molecule has 1 amide bonds. The molecule has 1 atom stereocenters. The average Bonchev–Trinajstić information content (AvgIpc) is 2.81. The van der Waals surface area contributed by atoms with Crippen LogP contribution in [0, 0.1) is 5.41 Å². The first kappa shape index (κ1) is 15.0. The van der Waals surface area contributed by atoms with Crippen molar-refractivity contribution >= 4 is 11.6 Å². The van der Waals surface area contributed by atoms with Crippen molar-refractivity contribution in [3.8, 4) is 0 Å². The molecule has 1 aromatic rings. The number of anilines is 1. The van der Waals surface area contributed by atoms with E-state index in [-0.39, 0.29) is 11.3 Å². The Labute approximate surface area is 121 Å². The highest BCUT2D eigenvalue weighted by Gasteiger charge is 2.33. The second-order valence-electron chi connectivity index (χ2n) is 6.03. The number of para-hydroxylation sites is 1. The smallest absolute Gasteiger partial charge is 0.238 e. The van der Waals surface area contributed by atoms with Crippen LogP contribution < -0.4 is 11.1 Å². The van der Waals surface area contributed by atoms with Crippen LogP contribution in [-0.2, 0) is 11.2 Å². The Morgan fingerprint density at radius 1 is 1.45 bits per heavy atom. The molecule has 0 aromatic heterocycles. The molecule has 0 radical (unpaired) electrons. The number of nitrogens with zero attached hydrogens (tertiary/aromatic N) is 1. The van der Waals surface area contributed by atoms with Gasteiger partial charge in [0.15, 0.2) is 0 Å². The summed E-state index contributed by atoms with van der Waals surface area (Å²) in [5.74, 6) is 0.0622. The number of nitrogens with two attached hydrogens (primary N) is 1. The van der Waals surface area contributed by atoms with Gasteiger partial charge < -0.3 is 11.1 Å². The predicted octanol–water partition coefficient (Wildman–Crippen LogP) is 1.86. The van der Waals surface area contributed by atoms with Crippen LogP contribution in [0.15, 0.2) is 24.3 Å². The number of rotatable bonds is 5. The van der Waals surface area contributed by atoms with Crippen molar-refractivity contribution in [1.82, 2.24) is 4.90 Å². The lowest BCUT2D eigenvalue weighted by atomic mass is 9.90. The van der Waals surface area contributed by atoms with Crippen LogP contribution >= 0.6 is 0 Å². The fourth-order valence-electron chi connectivity index (χ4n) is 2.77. The maximum Gasteiger partial charge on any atom is 0.238 e. The van der Waals surface area contributed by atoms with Crippen LogP contribution in [0.25, 0.3) is 0 Å². The number of aryl methyl sites for hydroxylation is 1. The quantitative estimate of drug-likeness (QED) is 0.862. The molecule has 1 unspecified atom stereocenters. The van der Waals surface area contributed by atoms with Gasteiger partial charge in [-0.3, -0.25) is 9.69 Å². The van der Waals surface area contributed by atoms with Crippen LogP contribution in [0.1, 0.15) is 25.8 Å². The molecule has 2 rings (SSSR count). The molecule has 1 aliphatic rings. The Morgan fingerprint density at radius 2 is 2.20 bits per heavy atom. The Hall–Kier alpha value is -1.39. The molecule has 0 spiro atoms. The van der Waals surface area contributed by atoms with Crippen LogP contribution in [0.3, 0.4) is 0 Å². The molecule has 1 heterocycles. The number of amides is 1. The highest BCUT2D eigenvalue weighted by molar-refractivity contribution is 5.93. The topological polar surface area (TPSA) is 58.4 Å². The van der Waals surface area contributed by atoms with Gasteiger partial charge in [-0.2, -0.15) is 0 Å². The molecule has 1 saturated heterocycles. The molecule has 0 bridgehead atoms. The minimum atomic E-state index is 0.0622. The summed E-state index contributed by atoms with van der Waals surface area (Å²) in [5.41, 5.74) is 8.07. The van der Waals surface area contributed by atoms with E-state index in [1.165, 1.54) is 5.56 Å². The fraction of sp³-hybridized carbons (Fsp3) is 0.562. The summed E-state index contributed by atoms with van der Waals surface area (Å²) in [5, 5.41) is 3.02.